The van der Waals surface area contributed by atoms with Gasteiger partial charge in [0, 0.05) is 11.6 Å². The van der Waals surface area contributed by atoms with E-state index < -0.39 is 0 Å². The Morgan fingerprint density at radius 3 is 2.17 bits per heavy atom. The fourth-order valence-electron chi connectivity index (χ4n) is 1.52. The standard InChI is InChI=1S/C13H11BrO4/c1-16-9-5-8(6-10(7-9)17-2)13(15)11-3-4-12(14)18-11/h3-7H,1-2H3. The maximum atomic E-state index is 12.2. The Morgan fingerprint density at radius 2 is 1.72 bits per heavy atom. The smallest absolute Gasteiger partial charge is 0.228 e. The Kier molecular flexibility index (Phi) is 3.72. The molecule has 0 bridgehead atoms. The lowest BCUT2D eigenvalue weighted by Crippen LogP contribution is -2.01. The van der Waals surface area contributed by atoms with Crippen LogP contribution in [0.3, 0.4) is 0 Å². The quantitative estimate of drug-likeness (QED) is 0.813. The van der Waals surface area contributed by atoms with E-state index in [4.69, 9.17) is 13.9 Å². The molecule has 0 saturated heterocycles. The molecule has 0 aliphatic heterocycles. The van der Waals surface area contributed by atoms with Gasteiger partial charge in [0.1, 0.15) is 11.5 Å². The Hall–Kier alpha value is -1.75. The third-order valence-corrected chi connectivity index (χ3v) is 2.84. The Labute approximate surface area is 113 Å². The van der Waals surface area contributed by atoms with Crippen LogP contribution < -0.4 is 9.47 Å². The van der Waals surface area contributed by atoms with E-state index in [9.17, 15) is 4.79 Å². The van der Waals surface area contributed by atoms with Crippen molar-refractivity contribution in [3.05, 3.63) is 46.3 Å². The van der Waals surface area contributed by atoms with Crippen molar-refractivity contribution in [2.75, 3.05) is 14.2 Å². The van der Waals surface area contributed by atoms with E-state index >= 15 is 0 Å². The third-order valence-electron chi connectivity index (χ3n) is 2.41. The van der Waals surface area contributed by atoms with Crippen LogP contribution in [0, 0.1) is 0 Å². The number of ketones is 1. The molecule has 4 nitrogen and oxygen atoms in total. The normalized spacial score (nSPS) is 10.2. The van der Waals surface area contributed by atoms with Gasteiger partial charge in [-0.3, -0.25) is 4.79 Å². The Bertz CT molecular complexity index is 552. The van der Waals surface area contributed by atoms with E-state index in [-0.39, 0.29) is 11.5 Å². The van der Waals surface area contributed by atoms with Gasteiger partial charge in [0.15, 0.2) is 10.4 Å². The first-order chi connectivity index (χ1) is 8.63. The average molecular weight is 311 g/mol. The number of methoxy groups -OCH3 is 2. The molecule has 0 N–H and O–H groups in total. The van der Waals surface area contributed by atoms with Gasteiger partial charge in [-0.2, -0.15) is 0 Å². The van der Waals surface area contributed by atoms with Crippen LogP contribution in [0.25, 0.3) is 0 Å². The second kappa shape index (κ2) is 5.27. The van der Waals surface area contributed by atoms with Gasteiger partial charge < -0.3 is 13.9 Å². The molecule has 1 heterocycles. The second-order valence-electron chi connectivity index (χ2n) is 3.53. The van der Waals surface area contributed by atoms with Crippen LogP contribution in [0.2, 0.25) is 0 Å². The largest absolute Gasteiger partial charge is 0.497 e. The van der Waals surface area contributed by atoms with Crippen LogP contribution in [0.4, 0.5) is 0 Å². The number of ether oxygens (including phenoxy) is 2. The number of carbonyl (C=O) groups is 1. The molecule has 0 aliphatic carbocycles. The van der Waals surface area contributed by atoms with Crippen molar-refractivity contribution < 1.29 is 18.7 Å². The molecule has 0 unspecified atom stereocenters. The molecule has 0 atom stereocenters. The number of benzene rings is 1. The van der Waals surface area contributed by atoms with Crippen LogP contribution in [0.15, 0.2) is 39.4 Å². The number of hydrogen-bond donors (Lipinski definition) is 0. The van der Waals surface area contributed by atoms with E-state index in [0.717, 1.165) is 0 Å². The van der Waals surface area contributed by atoms with Gasteiger partial charge in [0.25, 0.3) is 0 Å². The molecule has 5 heteroatoms. The van der Waals surface area contributed by atoms with Gasteiger partial charge in [0.05, 0.1) is 14.2 Å². The number of furan rings is 1. The Morgan fingerprint density at radius 1 is 1.11 bits per heavy atom. The average Bonchev–Trinajstić information content (AvgIpc) is 2.83. The minimum Gasteiger partial charge on any atom is -0.497 e. The minimum atomic E-state index is -0.224. The van der Waals surface area contributed by atoms with Crippen LogP contribution in [0.1, 0.15) is 16.1 Å². The summed E-state index contributed by atoms with van der Waals surface area (Å²) in [5.41, 5.74) is 0.452. The van der Waals surface area contributed by atoms with E-state index in [1.54, 1.807) is 30.3 Å². The molecular formula is C13H11BrO4. The molecule has 18 heavy (non-hydrogen) atoms. The van der Waals surface area contributed by atoms with E-state index in [1.807, 2.05) is 0 Å². The second-order valence-corrected chi connectivity index (χ2v) is 4.32. The molecule has 0 spiro atoms. The molecule has 0 saturated carbocycles. The first kappa shape index (κ1) is 12.7. The van der Waals surface area contributed by atoms with Crippen molar-refractivity contribution in [1.82, 2.24) is 0 Å². The lowest BCUT2D eigenvalue weighted by Gasteiger charge is -2.06. The van der Waals surface area contributed by atoms with Gasteiger partial charge in [0.2, 0.25) is 5.78 Å². The summed E-state index contributed by atoms with van der Waals surface area (Å²) in [6, 6.07) is 8.26. The van der Waals surface area contributed by atoms with Crippen LogP contribution in [0.5, 0.6) is 11.5 Å². The van der Waals surface area contributed by atoms with Crippen LogP contribution in [-0.4, -0.2) is 20.0 Å². The molecule has 2 rings (SSSR count). The number of rotatable bonds is 4. The fraction of sp³-hybridized carbons (Fsp3) is 0.154. The fourth-order valence-corrected chi connectivity index (χ4v) is 1.82. The van der Waals surface area contributed by atoms with Gasteiger partial charge in [-0.15, -0.1) is 0 Å². The molecular weight excluding hydrogens is 300 g/mol. The summed E-state index contributed by atoms with van der Waals surface area (Å²) in [5, 5.41) is 0. The molecule has 1 aromatic carbocycles. The zero-order valence-corrected chi connectivity index (χ0v) is 11.5. The summed E-state index contributed by atoms with van der Waals surface area (Å²) >= 11 is 3.16. The third kappa shape index (κ3) is 2.56. The van der Waals surface area contributed by atoms with Crippen molar-refractivity contribution >= 4 is 21.7 Å². The predicted molar refractivity (Wildman–Crippen MR) is 69.4 cm³/mol. The molecule has 0 fully saturated rings. The summed E-state index contributed by atoms with van der Waals surface area (Å²) in [6.45, 7) is 0. The highest BCUT2D eigenvalue weighted by Gasteiger charge is 2.15. The van der Waals surface area contributed by atoms with Crippen molar-refractivity contribution in [2.24, 2.45) is 0 Å². The molecule has 0 radical (unpaired) electrons. The van der Waals surface area contributed by atoms with Crippen LogP contribution >= 0.6 is 15.9 Å². The SMILES string of the molecule is COc1cc(OC)cc(C(=O)c2ccc(Br)o2)c1. The highest BCUT2D eigenvalue weighted by Crippen LogP contribution is 2.25. The summed E-state index contributed by atoms with van der Waals surface area (Å²) < 4.78 is 16.0. The minimum absolute atomic E-state index is 0.224. The highest BCUT2D eigenvalue weighted by atomic mass is 79.9. The summed E-state index contributed by atoms with van der Waals surface area (Å²) in [7, 11) is 3.07. The monoisotopic (exact) mass is 310 g/mol. The van der Waals surface area contributed by atoms with Crippen molar-refractivity contribution in [3.8, 4) is 11.5 Å². The molecule has 2 aromatic rings. The summed E-state index contributed by atoms with van der Waals surface area (Å²) in [5.74, 6) is 1.15. The maximum absolute atomic E-state index is 12.2. The van der Waals surface area contributed by atoms with Gasteiger partial charge in [-0.05, 0) is 40.2 Å². The highest BCUT2D eigenvalue weighted by molar-refractivity contribution is 9.10. The van der Waals surface area contributed by atoms with Gasteiger partial charge in [-0.25, -0.2) is 0 Å². The molecule has 94 valence electrons. The van der Waals surface area contributed by atoms with Crippen LogP contribution in [-0.2, 0) is 0 Å². The molecule has 0 amide bonds. The van der Waals surface area contributed by atoms with E-state index in [1.165, 1.54) is 14.2 Å². The number of hydrogen-bond acceptors (Lipinski definition) is 4. The first-order valence-corrected chi connectivity index (χ1v) is 5.96. The lowest BCUT2D eigenvalue weighted by atomic mass is 10.1. The number of carbonyl (C=O) groups excluding carboxylic acids is 1. The van der Waals surface area contributed by atoms with Crippen molar-refractivity contribution in [2.45, 2.75) is 0 Å². The van der Waals surface area contributed by atoms with E-state index in [0.29, 0.717) is 21.7 Å². The van der Waals surface area contributed by atoms with Gasteiger partial charge in [-0.1, -0.05) is 0 Å². The summed E-state index contributed by atoms with van der Waals surface area (Å²) in [6.07, 6.45) is 0. The predicted octanol–water partition coefficient (Wildman–Crippen LogP) is 3.29. The Balaban J connectivity index is 2.40. The molecule has 1 aromatic heterocycles. The topological polar surface area (TPSA) is 48.7 Å². The molecule has 0 aliphatic rings. The van der Waals surface area contributed by atoms with Crippen molar-refractivity contribution in [1.29, 1.82) is 0 Å². The zero-order valence-electron chi connectivity index (χ0n) is 9.90. The lowest BCUT2D eigenvalue weighted by molar-refractivity contribution is 0.101. The maximum Gasteiger partial charge on any atom is 0.228 e. The first-order valence-electron chi connectivity index (χ1n) is 5.17. The number of halogens is 1. The van der Waals surface area contributed by atoms with E-state index in [2.05, 4.69) is 15.9 Å². The zero-order chi connectivity index (χ0) is 13.1. The van der Waals surface area contributed by atoms with Gasteiger partial charge >= 0.3 is 0 Å². The summed E-state index contributed by atoms with van der Waals surface area (Å²) in [4.78, 5) is 12.2. The van der Waals surface area contributed by atoms with Crippen molar-refractivity contribution in [3.63, 3.8) is 0 Å².